The minimum atomic E-state index is -1.98. The molecule has 3 fully saturated rings. The highest BCUT2D eigenvalue weighted by atomic mass is 16.8. The third-order valence-corrected chi connectivity index (χ3v) is 17.0. The first-order valence-corrected chi connectivity index (χ1v) is 34.7. The molecule has 0 aromatic carbocycles. The smallest absolute Gasteiger partial charge is 0.220 e. The highest BCUT2D eigenvalue weighted by Gasteiger charge is 2.53. The van der Waals surface area contributed by atoms with Crippen LogP contribution in [0.4, 0.5) is 0 Å². The number of carbonyl (C=O) groups excluding carboxylic acids is 1. The molecular formula is C70H123NO18. The summed E-state index contributed by atoms with van der Waals surface area (Å²) in [5, 5.41) is 120. The van der Waals surface area contributed by atoms with Crippen molar-refractivity contribution in [3.63, 3.8) is 0 Å². The molecule has 17 atom stereocenters. The van der Waals surface area contributed by atoms with Crippen molar-refractivity contribution in [3.05, 3.63) is 72.9 Å². The predicted molar refractivity (Wildman–Crippen MR) is 346 cm³/mol. The summed E-state index contributed by atoms with van der Waals surface area (Å²) in [5.41, 5.74) is 0. The van der Waals surface area contributed by atoms with E-state index in [1.54, 1.807) is 6.08 Å². The fourth-order valence-corrected chi connectivity index (χ4v) is 11.4. The molecule has 12 N–H and O–H groups in total. The van der Waals surface area contributed by atoms with Crippen LogP contribution in [0.5, 0.6) is 0 Å². The number of nitrogens with one attached hydrogen (secondary N) is 1. The number of aliphatic hydroxyl groups is 11. The van der Waals surface area contributed by atoms with Crippen LogP contribution in [0.3, 0.4) is 0 Å². The molecule has 0 radical (unpaired) electrons. The Morgan fingerprint density at radius 3 is 1.26 bits per heavy atom. The zero-order valence-corrected chi connectivity index (χ0v) is 54.4. The quantitative estimate of drug-likeness (QED) is 0.0200. The normalized spacial score (nSPS) is 28.7. The number of hydrogen-bond acceptors (Lipinski definition) is 18. The summed E-state index contributed by atoms with van der Waals surface area (Å²) in [5.74, 6) is -0.288. The van der Waals surface area contributed by atoms with Gasteiger partial charge in [-0.15, -0.1) is 0 Å². The molecule has 3 aliphatic rings. The fraction of sp³-hybridized carbons (Fsp3) is 0.814. The fourth-order valence-electron chi connectivity index (χ4n) is 11.4. The highest BCUT2D eigenvalue weighted by Crippen LogP contribution is 2.33. The summed E-state index contributed by atoms with van der Waals surface area (Å²) < 4.78 is 34.3. The topological polar surface area (TPSA) is 307 Å². The molecule has 3 saturated heterocycles. The highest BCUT2D eigenvalue weighted by molar-refractivity contribution is 5.76. The van der Waals surface area contributed by atoms with Crippen molar-refractivity contribution in [1.29, 1.82) is 0 Å². The molecule has 3 aliphatic heterocycles. The lowest BCUT2D eigenvalue weighted by atomic mass is 9.96. The van der Waals surface area contributed by atoms with Crippen molar-refractivity contribution in [2.24, 2.45) is 0 Å². The van der Waals surface area contributed by atoms with Crippen LogP contribution in [0.2, 0.25) is 0 Å². The van der Waals surface area contributed by atoms with Gasteiger partial charge in [0, 0.05) is 6.42 Å². The van der Waals surface area contributed by atoms with Crippen molar-refractivity contribution in [1.82, 2.24) is 5.32 Å². The van der Waals surface area contributed by atoms with Gasteiger partial charge in [0.05, 0.1) is 38.6 Å². The largest absolute Gasteiger partial charge is 0.394 e. The number of rotatable bonds is 52. The first kappa shape index (κ1) is 80.5. The molecule has 0 aromatic heterocycles. The van der Waals surface area contributed by atoms with Gasteiger partial charge in [0.15, 0.2) is 18.9 Å². The zero-order chi connectivity index (χ0) is 64.7. The monoisotopic (exact) mass is 1270 g/mol. The molecule has 19 heteroatoms. The van der Waals surface area contributed by atoms with E-state index in [4.69, 9.17) is 28.4 Å². The minimum absolute atomic E-state index is 0.232. The van der Waals surface area contributed by atoms with Gasteiger partial charge in [0.25, 0.3) is 0 Å². The third kappa shape index (κ3) is 33.8. The second-order valence-electron chi connectivity index (χ2n) is 24.6. The number of carbonyl (C=O) groups is 1. The molecule has 516 valence electrons. The molecule has 1 amide bonds. The Bertz CT molecular complexity index is 1900. The van der Waals surface area contributed by atoms with E-state index >= 15 is 0 Å². The number of unbranched alkanes of at least 4 members (excludes halogenated alkanes) is 26. The van der Waals surface area contributed by atoms with Crippen molar-refractivity contribution in [2.45, 2.75) is 336 Å². The maximum atomic E-state index is 13.4. The van der Waals surface area contributed by atoms with Crippen LogP contribution in [0.25, 0.3) is 0 Å². The van der Waals surface area contributed by atoms with Crippen LogP contribution < -0.4 is 5.32 Å². The Morgan fingerprint density at radius 1 is 0.416 bits per heavy atom. The van der Waals surface area contributed by atoms with Crippen LogP contribution in [-0.2, 0) is 33.2 Å². The van der Waals surface area contributed by atoms with Gasteiger partial charge in [-0.3, -0.25) is 4.79 Å². The number of ether oxygens (including phenoxy) is 6. The molecule has 0 spiro atoms. The first-order valence-electron chi connectivity index (χ1n) is 34.7. The number of hydrogen-bond donors (Lipinski definition) is 12. The van der Waals surface area contributed by atoms with Crippen LogP contribution in [0.1, 0.15) is 232 Å². The summed E-state index contributed by atoms with van der Waals surface area (Å²) in [6.45, 7) is 1.60. The summed E-state index contributed by atoms with van der Waals surface area (Å²) in [6.07, 6.45) is 37.3. The van der Waals surface area contributed by atoms with Gasteiger partial charge in [-0.25, -0.2) is 0 Å². The average Bonchev–Trinajstić information content (AvgIpc) is 2.46. The maximum absolute atomic E-state index is 13.4. The third-order valence-electron chi connectivity index (χ3n) is 17.0. The van der Waals surface area contributed by atoms with Crippen LogP contribution in [0, 0.1) is 0 Å². The Morgan fingerprint density at radius 2 is 0.787 bits per heavy atom. The van der Waals surface area contributed by atoms with E-state index in [1.807, 2.05) is 6.08 Å². The maximum Gasteiger partial charge on any atom is 0.220 e. The van der Waals surface area contributed by atoms with Crippen LogP contribution >= 0.6 is 0 Å². The lowest BCUT2D eigenvalue weighted by Crippen LogP contribution is -2.66. The standard InChI is InChI=1S/C70H123NO18/c1-3-5-7-9-11-13-15-17-19-21-22-23-24-25-26-27-28-29-30-32-34-36-38-40-42-44-46-48-58(76)71-53(54(75)47-45-43-41-39-37-35-33-31-20-18-16-14-12-10-8-6-4-2)52-84-68-64(82)61(79)66(56(50-73)86-68)89-70-65(83)62(80)67(57(51-74)87-70)88-69-63(81)60(78)59(77)55(49-72)85-69/h5,7,11,13,17,19,22-23,37,39,45,47,53-57,59-70,72-75,77-83H,3-4,6,8-10,12,14-16,18,20-21,24-36,38,40-44,46,48-52H2,1-2H3,(H,71,76)/b7-5-,13-11-,19-17-,23-22-,39-37+,47-45+. The van der Waals surface area contributed by atoms with Gasteiger partial charge in [-0.2, -0.15) is 0 Å². The van der Waals surface area contributed by atoms with Crippen molar-refractivity contribution in [3.8, 4) is 0 Å². The van der Waals surface area contributed by atoms with Gasteiger partial charge in [0.2, 0.25) is 5.91 Å². The van der Waals surface area contributed by atoms with E-state index in [1.165, 1.54) is 128 Å². The molecule has 3 rings (SSSR count). The summed E-state index contributed by atoms with van der Waals surface area (Å²) in [7, 11) is 0. The minimum Gasteiger partial charge on any atom is -0.394 e. The van der Waals surface area contributed by atoms with E-state index in [0.29, 0.717) is 12.8 Å². The molecule has 17 unspecified atom stereocenters. The Balaban J connectivity index is 1.43. The molecule has 19 nitrogen and oxygen atoms in total. The lowest BCUT2D eigenvalue weighted by Gasteiger charge is -2.48. The Labute approximate surface area is 534 Å². The van der Waals surface area contributed by atoms with E-state index in [0.717, 1.165) is 70.6 Å². The van der Waals surface area contributed by atoms with Gasteiger partial charge in [-0.1, -0.05) is 228 Å². The summed E-state index contributed by atoms with van der Waals surface area (Å²) >= 11 is 0. The Kier molecular flexibility index (Phi) is 46.7. The number of aliphatic hydroxyl groups excluding tert-OH is 11. The Hall–Kier alpha value is -2.77. The van der Waals surface area contributed by atoms with Crippen LogP contribution in [0.15, 0.2) is 72.9 Å². The van der Waals surface area contributed by atoms with Gasteiger partial charge >= 0.3 is 0 Å². The molecule has 0 aliphatic carbocycles. The van der Waals surface area contributed by atoms with Gasteiger partial charge < -0.3 is 89.9 Å². The van der Waals surface area contributed by atoms with E-state index < -0.39 is 124 Å². The van der Waals surface area contributed by atoms with Crippen molar-refractivity contribution in [2.75, 3.05) is 26.4 Å². The predicted octanol–water partition coefficient (Wildman–Crippen LogP) is 8.94. The van der Waals surface area contributed by atoms with E-state index in [2.05, 4.69) is 79.9 Å². The molecule has 0 bridgehead atoms. The van der Waals surface area contributed by atoms with Crippen molar-refractivity contribution >= 4 is 5.91 Å². The van der Waals surface area contributed by atoms with Crippen LogP contribution in [-0.4, -0.2) is 193 Å². The molecule has 0 aromatic rings. The van der Waals surface area contributed by atoms with Crippen molar-refractivity contribution < 1.29 is 89.4 Å². The van der Waals surface area contributed by atoms with Gasteiger partial charge in [-0.05, 0) is 70.6 Å². The SMILES string of the molecule is CC/C=C\C/C=C\C/C=C\C/C=C\CCCCCCCCCCCCCCCCC(=O)NC(COC1OC(CO)C(OC2OC(CO)C(OC3OC(CO)C(O)C(O)C3O)C(O)C2O)C(O)C1O)C(O)/C=C/CC/C=C/CCCCCCCCCCCCC. The molecule has 89 heavy (non-hydrogen) atoms. The second-order valence-corrected chi connectivity index (χ2v) is 24.6. The lowest BCUT2D eigenvalue weighted by molar-refractivity contribution is -0.379. The second kappa shape index (κ2) is 51.6. The molecule has 3 heterocycles. The van der Waals surface area contributed by atoms with E-state index in [9.17, 15) is 61.0 Å². The number of allylic oxidation sites excluding steroid dienone is 11. The van der Waals surface area contributed by atoms with E-state index in [-0.39, 0.29) is 18.9 Å². The summed E-state index contributed by atoms with van der Waals surface area (Å²) in [4.78, 5) is 13.4. The zero-order valence-electron chi connectivity index (χ0n) is 54.4. The molecule has 0 saturated carbocycles. The number of amides is 1. The first-order chi connectivity index (χ1) is 43.3. The summed E-state index contributed by atoms with van der Waals surface area (Å²) in [6, 6.07) is -0.993. The average molecular weight is 1270 g/mol. The molecular weight excluding hydrogens is 1140 g/mol. The van der Waals surface area contributed by atoms with Gasteiger partial charge in [0.1, 0.15) is 73.2 Å².